The van der Waals surface area contributed by atoms with Crippen LogP contribution in [0.1, 0.15) is 21.9 Å². The molecule has 0 radical (unpaired) electrons. The average Bonchev–Trinajstić information content (AvgIpc) is 3.19. The van der Waals surface area contributed by atoms with E-state index in [-0.39, 0.29) is 6.54 Å². The van der Waals surface area contributed by atoms with E-state index in [4.69, 9.17) is 0 Å². The van der Waals surface area contributed by atoms with Crippen molar-refractivity contribution < 1.29 is 9.59 Å². The van der Waals surface area contributed by atoms with Gasteiger partial charge < -0.3 is 14.9 Å². The number of nitrogens with zero attached hydrogens (tertiary/aromatic N) is 2. The minimum absolute atomic E-state index is 0.237. The van der Waals surface area contributed by atoms with Gasteiger partial charge in [0.1, 0.15) is 5.82 Å². The number of hydrogen-bond donors (Lipinski definition) is 2. The van der Waals surface area contributed by atoms with Gasteiger partial charge in [-0.1, -0.05) is 30.3 Å². The van der Waals surface area contributed by atoms with Crippen molar-refractivity contribution in [3.63, 3.8) is 0 Å². The van der Waals surface area contributed by atoms with E-state index in [0.29, 0.717) is 17.1 Å². The summed E-state index contributed by atoms with van der Waals surface area (Å²) in [5.74, 6) is -0.428. The van der Waals surface area contributed by atoms with E-state index in [9.17, 15) is 9.59 Å². The van der Waals surface area contributed by atoms with Gasteiger partial charge in [-0.2, -0.15) is 0 Å². The molecular weight excluding hydrogens is 328 g/mol. The number of aromatic amines is 2. The molecule has 2 aromatic carbocycles. The second kappa shape index (κ2) is 6.15. The van der Waals surface area contributed by atoms with Crippen molar-refractivity contribution in [1.29, 1.82) is 0 Å². The van der Waals surface area contributed by atoms with Crippen LogP contribution in [0.2, 0.25) is 0 Å². The molecule has 2 aromatic heterocycles. The van der Waals surface area contributed by atoms with Crippen LogP contribution in [-0.2, 0) is 11.3 Å². The molecule has 4 rings (SSSR count). The zero-order chi connectivity index (χ0) is 18.3. The molecule has 0 bridgehead atoms. The molecule has 0 spiro atoms. The third-order valence-corrected chi connectivity index (χ3v) is 4.49. The summed E-state index contributed by atoms with van der Waals surface area (Å²) < 4.78 is 0. The first-order valence-corrected chi connectivity index (χ1v) is 8.35. The van der Waals surface area contributed by atoms with Gasteiger partial charge in [-0.15, -0.1) is 0 Å². The number of aryl methyl sites for hydroxylation is 1. The first kappa shape index (κ1) is 16.1. The van der Waals surface area contributed by atoms with E-state index < -0.39 is 11.7 Å². The number of carbonyl (C=O) groups is 2. The maximum atomic E-state index is 12.8. The predicted octanol–water partition coefficient (Wildman–Crippen LogP) is 3.19. The van der Waals surface area contributed by atoms with E-state index in [0.717, 1.165) is 21.9 Å². The van der Waals surface area contributed by atoms with Crippen LogP contribution in [0.5, 0.6) is 0 Å². The molecule has 4 aromatic rings. The number of nitrogens with one attached hydrogen (secondary N) is 2. The highest BCUT2D eigenvalue weighted by atomic mass is 16.2. The lowest BCUT2D eigenvalue weighted by Gasteiger charge is -2.14. The van der Waals surface area contributed by atoms with Gasteiger partial charge in [0.25, 0.3) is 11.7 Å². The van der Waals surface area contributed by atoms with Crippen molar-refractivity contribution in [1.82, 2.24) is 19.9 Å². The van der Waals surface area contributed by atoms with Gasteiger partial charge in [0.15, 0.2) is 0 Å². The fourth-order valence-electron chi connectivity index (χ4n) is 3.23. The van der Waals surface area contributed by atoms with E-state index >= 15 is 0 Å². The van der Waals surface area contributed by atoms with Gasteiger partial charge in [-0.25, -0.2) is 4.98 Å². The highest BCUT2D eigenvalue weighted by Crippen LogP contribution is 2.23. The van der Waals surface area contributed by atoms with Gasteiger partial charge in [-0.05, 0) is 25.1 Å². The number of aromatic nitrogens is 3. The maximum Gasteiger partial charge on any atom is 0.295 e. The zero-order valence-electron chi connectivity index (χ0n) is 14.5. The van der Waals surface area contributed by atoms with E-state index in [1.54, 1.807) is 14.0 Å². The number of hydrogen-bond acceptors (Lipinski definition) is 3. The number of H-pyrrole nitrogens is 2. The van der Waals surface area contributed by atoms with E-state index in [1.165, 1.54) is 4.90 Å². The topological polar surface area (TPSA) is 81.8 Å². The minimum atomic E-state index is -0.557. The van der Waals surface area contributed by atoms with Crippen molar-refractivity contribution in [2.45, 2.75) is 13.5 Å². The number of para-hydroxylation sites is 3. The SMILES string of the molecule is Cc1[nH]c2ccccc2c1C(=O)C(=O)N(C)Cc1nc2ccccc2[nH]1. The normalized spacial score (nSPS) is 11.2. The standard InChI is InChI=1S/C20H18N4O2/c1-12-18(13-7-3-4-8-14(13)21-12)19(25)20(26)24(2)11-17-22-15-9-5-6-10-16(15)23-17/h3-10,21H,11H2,1-2H3,(H,22,23). The smallest absolute Gasteiger partial charge is 0.295 e. The van der Waals surface area contributed by atoms with Gasteiger partial charge >= 0.3 is 0 Å². The van der Waals surface area contributed by atoms with Crippen LogP contribution in [-0.4, -0.2) is 38.6 Å². The zero-order valence-corrected chi connectivity index (χ0v) is 14.5. The number of ketones is 1. The van der Waals surface area contributed by atoms with E-state index in [2.05, 4.69) is 15.0 Å². The van der Waals surface area contributed by atoms with Crippen molar-refractivity contribution in [3.8, 4) is 0 Å². The molecular formula is C20H18N4O2. The number of Topliss-reactive ketones (excluding diaryl/α,β-unsaturated/α-hetero) is 1. The maximum absolute atomic E-state index is 12.8. The Hall–Kier alpha value is -3.41. The Morgan fingerprint density at radius 1 is 1.00 bits per heavy atom. The van der Waals surface area contributed by atoms with Gasteiger partial charge in [0.05, 0.1) is 23.1 Å². The Morgan fingerprint density at radius 2 is 1.69 bits per heavy atom. The Bertz CT molecular complexity index is 1110. The molecule has 1 amide bonds. The van der Waals surface area contributed by atoms with Crippen LogP contribution in [0.25, 0.3) is 21.9 Å². The highest BCUT2D eigenvalue weighted by molar-refractivity contribution is 6.45. The summed E-state index contributed by atoms with van der Waals surface area (Å²) in [6.45, 7) is 2.04. The third kappa shape index (κ3) is 2.65. The molecule has 0 saturated heterocycles. The number of rotatable bonds is 4. The molecule has 2 N–H and O–H groups in total. The third-order valence-electron chi connectivity index (χ3n) is 4.49. The second-order valence-electron chi connectivity index (χ2n) is 6.36. The number of fused-ring (bicyclic) bond motifs is 2. The summed E-state index contributed by atoms with van der Waals surface area (Å²) in [7, 11) is 1.61. The van der Waals surface area contributed by atoms with Crippen molar-refractivity contribution >= 4 is 33.6 Å². The molecule has 0 unspecified atom stereocenters. The monoisotopic (exact) mass is 346 g/mol. The van der Waals surface area contributed by atoms with Crippen LogP contribution < -0.4 is 0 Å². The molecule has 0 atom stereocenters. The first-order valence-electron chi connectivity index (χ1n) is 8.35. The van der Waals surface area contributed by atoms with Gasteiger partial charge in [0, 0.05) is 23.6 Å². The molecule has 0 aliphatic carbocycles. The molecule has 0 aliphatic rings. The first-order chi connectivity index (χ1) is 12.5. The van der Waals surface area contributed by atoms with Gasteiger partial charge in [0.2, 0.25) is 0 Å². The lowest BCUT2D eigenvalue weighted by molar-refractivity contribution is -0.125. The fraction of sp³-hybridized carbons (Fsp3) is 0.150. The fourth-order valence-corrected chi connectivity index (χ4v) is 3.23. The summed E-state index contributed by atoms with van der Waals surface area (Å²) in [6.07, 6.45) is 0. The van der Waals surface area contributed by atoms with Crippen LogP contribution in [0.15, 0.2) is 48.5 Å². The molecule has 26 heavy (non-hydrogen) atoms. The van der Waals surface area contributed by atoms with Gasteiger partial charge in [-0.3, -0.25) is 9.59 Å². The van der Waals surface area contributed by atoms with Crippen molar-refractivity contribution in [3.05, 3.63) is 65.6 Å². The highest BCUT2D eigenvalue weighted by Gasteiger charge is 2.26. The molecule has 0 saturated carbocycles. The molecule has 2 heterocycles. The van der Waals surface area contributed by atoms with Crippen LogP contribution in [0.3, 0.4) is 0 Å². The lowest BCUT2D eigenvalue weighted by Crippen LogP contribution is -2.33. The van der Waals surface area contributed by atoms with Crippen molar-refractivity contribution in [2.75, 3.05) is 7.05 Å². The summed E-state index contributed by atoms with van der Waals surface area (Å²) in [5, 5.41) is 0.764. The minimum Gasteiger partial charge on any atom is -0.358 e. The van der Waals surface area contributed by atoms with E-state index in [1.807, 2.05) is 48.5 Å². The van der Waals surface area contributed by atoms with Crippen LogP contribution >= 0.6 is 0 Å². The Kier molecular flexibility index (Phi) is 3.80. The molecule has 0 aliphatic heterocycles. The number of carbonyl (C=O) groups excluding carboxylic acids is 2. The number of amides is 1. The summed E-state index contributed by atoms with van der Waals surface area (Å²) in [6, 6.07) is 15.1. The second-order valence-corrected chi connectivity index (χ2v) is 6.36. The predicted molar refractivity (Wildman–Crippen MR) is 99.9 cm³/mol. The summed E-state index contributed by atoms with van der Waals surface area (Å²) in [5.41, 5.74) is 3.72. The molecule has 130 valence electrons. The molecule has 6 nitrogen and oxygen atoms in total. The molecule has 6 heteroatoms. The van der Waals surface area contributed by atoms with Crippen LogP contribution in [0.4, 0.5) is 0 Å². The summed E-state index contributed by atoms with van der Waals surface area (Å²) in [4.78, 5) is 37.7. The Balaban J connectivity index is 1.59. The number of imidazole rings is 1. The average molecular weight is 346 g/mol. The quantitative estimate of drug-likeness (QED) is 0.440. The Morgan fingerprint density at radius 3 is 2.46 bits per heavy atom. The number of benzene rings is 2. The summed E-state index contributed by atoms with van der Waals surface area (Å²) >= 11 is 0. The number of likely N-dealkylation sites (N-methyl/N-ethyl adjacent to an activating group) is 1. The Labute approximate surface area is 149 Å². The van der Waals surface area contributed by atoms with Crippen LogP contribution in [0, 0.1) is 6.92 Å². The molecule has 0 fully saturated rings. The van der Waals surface area contributed by atoms with Crippen molar-refractivity contribution in [2.24, 2.45) is 0 Å². The lowest BCUT2D eigenvalue weighted by atomic mass is 10.1. The largest absolute Gasteiger partial charge is 0.358 e.